The van der Waals surface area contributed by atoms with E-state index in [1.165, 1.54) is 14.2 Å². The molecule has 0 fully saturated rings. The van der Waals surface area contributed by atoms with Crippen molar-refractivity contribution in [3.63, 3.8) is 0 Å². The summed E-state index contributed by atoms with van der Waals surface area (Å²) in [6, 6.07) is 9.90. The molecule has 0 radical (unpaired) electrons. The zero-order valence-electron chi connectivity index (χ0n) is 12.0. The molecule has 0 aliphatic carbocycles. The summed E-state index contributed by atoms with van der Waals surface area (Å²) in [5.41, 5.74) is 0.866. The van der Waals surface area contributed by atoms with Crippen molar-refractivity contribution >= 4 is 17.4 Å². The third-order valence-corrected chi connectivity index (χ3v) is 3.29. The maximum absolute atomic E-state index is 12.6. The van der Waals surface area contributed by atoms with Crippen LogP contribution in [-0.4, -0.2) is 27.1 Å². The van der Waals surface area contributed by atoms with E-state index >= 15 is 0 Å². The van der Waals surface area contributed by atoms with Gasteiger partial charge in [-0.2, -0.15) is 0 Å². The van der Waals surface area contributed by atoms with Crippen molar-refractivity contribution in [1.82, 2.24) is 0 Å². The molecule has 0 unspecified atom stereocenters. The number of hydrogen-bond acceptors (Lipinski definition) is 4. The van der Waals surface area contributed by atoms with Crippen LogP contribution in [0, 0.1) is 0 Å². The molecule has 2 aromatic rings. The molecule has 0 aliphatic rings. The van der Waals surface area contributed by atoms with Gasteiger partial charge in [-0.15, -0.1) is 0 Å². The minimum Gasteiger partial charge on any atom is -0.496 e. The molecule has 0 bridgehead atoms. The first-order valence-corrected chi connectivity index (χ1v) is 6.58. The van der Waals surface area contributed by atoms with Crippen LogP contribution in [0.15, 0.2) is 36.4 Å². The van der Waals surface area contributed by atoms with Gasteiger partial charge in [0.2, 0.25) is 0 Å². The van der Waals surface area contributed by atoms with Crippen LogP contribution in [-0.2, 0) is 0 Å². The number of carbonyl (C=O) groups excluding carboxylic acids is 1. The van der Waals surface area contributed by atoms with Crippen molar-refractivity contribution in [2.45, 2.75) is 0 Å². The van der Waals surface area contributed by atoms with E-state index in [1.807, 2.05) is 0 Å². The summed E-state index contributed by atoms with van der Waals surface area (Å²) in [7, 11) is 4.57. The number of benzene rings is 2. The van der Waals surface area contributed by atoms with E-state index in [2.05, 4.69) is 0 Å². The van der Waals surface area contributed by atoms with Crippen molar-refractivity contribution in [2.24, 2.45) is 0 Å². The molecule has 0 N–H and O–H groups in total. The van der Waals surface area contributed by atoms with Gasteiger partial charge >= 0.3 is 0 Å². The summed E-state index contributed by atoms with van der Waals surface area (Å²) in [5, 5.41) is 0.472. The molecule has 0 saturated carbocycles. The quantitative estimate of drug-likeness (QED) is 0.792. The molecule has 0 heterocycles. The fourth-order valence-corrected chi connectivity index (χ4v) is 2.16. The summed E-state index contributed by atoms with van der Waals surface area (Å²) in [4.78, 5) is 12.6. The Morgan fingerprint density at radius 3 is 2.10 bits per heavy atom. The molecule has 0 atom stereocenters. The maximum Gasteiger partial charge on any atom is 0.196 e. The van der Waals surface area contributed by atoms with E-state index in [0.717, 1.165) is 0 Å². The van der Waals surface area contributed by atoms with Crippen molar-refractivity contribution in [3.05, 3.63) is 52.5 Å². The molecule has 0 amide bonds. The van der Waals surface area contributed by atoms with Crippen LogP contribution >= 0.6 is 11.6 Å². The average molecular weight is 307 g/mol. The van der Waals surface area contributed by atoms with Gasteiger partial charge in [0.1, 0.15) is 5.75 Å². The fourth-order valence-electron chi connectivity index (χ4n) is 1.99. The van der Waals surface area contributed by atoms with Gasteiger partial charge < -0.3 is 14.2 Å². The Balaban J connectivity index is 2.47. The highest BCUT2D eigenvalue weighted by Gasteiger charge is 2.17. The number of ether oxygens (including phenoxy) is 3. The van der Waals surface area contributed by atoms with Crippen molar-refractivity contribution in [3.8, 4) is 17.2 Å². The lowest BCUT2D eigenvalue weighted by atomic mass is 10.0. The maximum atomic E-state index is 12.6. The topological polar surface area (TPSA) is 44.8 Å². The Morgan fingerprint density at radius 2 is 1.48 bits per heavy atom. The molecule has 4 nitrogen and oxygen atoms in total. The average Bonchev–Trinajstić information content (AvgIpc) is 2.53. The molecular formula is C16H15ClO4. The summed E-state index contributed by atoms with van der Waals surface area (Å²) in [6.07, 6.45) is 0. The minimum absolute atomic E-state index is 0.199. The van der Waals surface area contributed by atoms with Crippen LogP contribution < -0.4 is 14.2 Å². The highest BCUT2D eigenvalue weighted by atomic mass is 35.5. The molecule has 21 heavy (non-hydrogen) atoms. The Labute approximate surface area is 128 Å². The van der Waals surface area contributed by atoms with Gasteiger partial charge in [-0.1, -0.05) is 11.6 Å². The molecule has 0 aromatic heterocycles. The van der Waals surface area contributed by atoms with Crippen molar-refractivity contribution in [2.75, 3.05) is 21.3 Å². The Bertz CT molecular complexity index is 667. The molecule has 110 valence electrons. The summed E-state index contributed by atoms with van der Waals surface area (Å²) in [5.74, 6) is 1.32. The van der Waals surface area contributed by atoms with Crippen LogP contribution in [0.2, 0.25) is 5.02 Å². The number of halogens is 1. The highest BCUT2D eigenvalue weighted by Crippen LogP contribution is 2.30. The van der Waals surface area contributed by atoms with E-state index in [0.29, 0.717) is 33.4 Å². The van der Waals surface area contributed by atoms with Gasteiger partial charge in [-0.25, -0.2) is 0 Å². The monoisotopic (exact) mass is 306 g/mol. The zero-order valence-corrected chi connectivity index (χ0v) is 12.7. The Hall–Kier alpha value is -2.20. The van der Waals surface area contributed by atoms with E-state index in [1.54, 1.807) is 43.5 Å². The number of hydrogen-bond donors (Lipinski definition) is 0. The van der Waals surface area contributed by atoms with Crippen LogP contribution in [0.25, 0.3) is 0 Å². The van der Waals surface area contributed by atoms with Crippen LogP contribution in [0.3, 0.4) is 0 Å². The van der Waals surface area contributed by atoms with E-state index in [4.69, 9.17) is 25.8 Å². The number of rotatable bonds is 5. The number of ketones is 1. The highest BCUT2D eigenvalue weighted by molar-refractivity contribution is 6.31. The van der Waals surface area contributed by atoms with E-state index in [9.17, 15) is 4.79 Å². The van der Waals surface area contributed by atoms with E-state index < -0.39 is 0 Å². The first-order chi connectivity index (χ1) is 10.1. The van der Waals surface area contributed by atoms with Gasteiger partial charge in [0.05, 0.1) is 26.9 Å². The second-order valence-electron chi connectivity index (χ2n) is 4.24. The second kappa shape index (κ2) is 6.50. The SMILES string of the molecule is COc1ccc(C(=O)c2cc(Cl)ccc2OC)cc1OC. The predicted octanol–water partition coefficient (Wildman–Crippen LogP) is 3.60. The Morgan fingerprint density at radius 1 is 0.857 bits per heavy atom. The number of carbonyl (C=O) groups is 1. The predicted molar refractivity (Wildman–Crippen MR) is 81.0 cm³/mol. The zero-order chi connectivity index (χ0) is 15.4. The molecule has 0 spiro atoms. The lowest BCUT2D eigenvalue weighted by molar-refractivity contribution is 0.103. The molecule has 0 saturated heterocycles. The lowest BCUT2D eigenvalue weighted by Gasteiger charge is -2.11. The Kier molecular flexibility index (Phi) is 4.70. The van der Waals surface area contributed by atoms with Crippen LogP contribution in [0.5, 0.6) is 17.2 Å². The molecular weight excluding hydrogens is 292 g/mol. The molecule has 5 heteroatoms. The van der Waals surface area contributed by atoms with Crippen molar-refractivity contribution < 1.29 is 19.0 Å². The minimum atomic E-state index is -0.199. The fraction of sp³-hybridized carbons (Fsp3) is 0.188. The molecule has 0 aliphatic heterocycles. The summed E-state index contributed by atoms with van der Waals surface area (Å²) >= 11 is 5.96. The third kappa shape index (κ3) is 3.11. The lowest BCUT2D eigenvalue weighted by Crippen LogP contribution is -2.05. The third-order valence-electron chi connectivity index (χ3n) is 3.05. The smallest absolute Gasteiger partial charge is 0.196 e. The van der Waals surface area contributed by atoms with Gasteiger partial charge in [0.25, 0.3) is 0 Å². The number of methoxy groups -OCH3 is 3. The standard InChI is InChI=1S/C16H15ClO4/c1-19-13-7-5-11(17)9-12(13)16(18)10-4-6-14(20-2)15(8-10)21-3/h4-9H,1-3H3. The summed E-state index contributed by atoms with van der Waals surface area (Å²) < 4.78 is 15.6. The molecule has 2 aromatic carbocycles. The normalized spacial score (nSPS) is 10.1. The van der Waals surface area contributed by atoms with Gasteiger partial charge in [0, 0.05) is 10.6 Å². The second-order valence-corrected chi connectivity index (χ2v) is 4.68. The van der Waals surface area contributed by atoms with E-state index in [-0.39, 0.29) is 5.78 Å². The van der Waals surface area contributed by atoms with Crippen LogP contribution in [0.4, 0.5) is 0 Å². The molecule has 2 rings (SSSR count). The van der Waals surface area contributed by atoms with Crippen LogP contribution in [0.1, 0.15) is 15.9 Å². The van der Waals surface area contributed by atoms with Gasteiger partial charge in [-0.05, 0) is 36.4 Å². The summed E-state index contributed by atoms with van der Waals surface area (Å²) in [6.45, 7) is 0. The van der Waals surface area contributed by atoms with Gasteiger partial charge in [-0.3, -0.25) is 4.79 Å². The largest absolute Gasteiger partial charge is 0.496 e. The van der Waals surface area contributed by atoms with Gasteiger partial charge in [0.15, 0.2) is 17.3 Å². The first kappa shape index (κ1) is 15.2. The first-order valence-electron chi connectivity index (χ1n) is 6.21. The van der Waals surface area contributed by atoms with Crippen molar-refractivity contribution in [1.29, 1.82) is 0 Å².